The quantitative estimate of drug-likeness (QED) is 0.168. The average molecular weight is 790 g/mol. The highest BCUT2D eigenvalue weighted by molar-refractivity contribution is 6.09. The van der Waals surface area contributed by atoms with Crippen LogP contribution < -0.4 is 0 Å². The Hall–Kier alpha value is -6.65. The van der Waals surface area contributed by atoms with Gasteiger partial charge in [-0.3, -0.25) is 0 Å². The number of rotatable bonds is 6. The minimum atomic E-state index is -0.638. The Morgan fingerprint density at radius 2 is 1.02 bits per heavy atom. The second kappa shape index (κ2) is 14.0. The van der Waals surface area contributed by atoms with Gasteiger partial charge in [-0.25, -0.2) is 15.0 Å². The van der Waals surface area contributed by atoms with E-state index in [4.69, 9.17) is 19.4 Å². The average Bonchev–Trinajstić information content (AvgIpc) is 3.83. The molecule has 4 nitrogen and oxygen atoms in total. The molecule has 9 aromatic rings. The first-order valence-corrected chi connectivity index (χ1v) is 22.1. The van der Waals surface area contributed by atoms with Crippen molar-refractivity contribution >= 4 is 21.9 Å². The number of hydrogen-bond acceptors (Lipinski definition) is 4. The van der Waals surface area contributed by atoms with Gasteiger partial charge in [-0.05, 0) is 106 Å². The lowest BCUT2D eigenvalue weighted by Crippen LogP contribution is -2.42. The normalized spacial score (nSPS) is 22.9. The van der Waals surface area contributed by atoms with Crippen molar-refractivity contribution in [2.24, 2.45) is 17.8 Å². The Bertz CT molecular complexity index is 3100. The van der Waals surface area contributed by atoms with Crippen LogP contribution in [0.3, 0.4) is 0 Å². The molecule has 0 radical (unpaired) electrons. The SMILES string of the molecule is C[C@@H]1CC2C[C@H](C)CC(c3ccc(C4(c5ccccc5)c5ccccc5-c5cccc(-c6nc(-c7ccccc7)nc(-c7cccc8c7oc7ccccc78)n6)c54)cc3)(C2)C1. The summed E-state index contributed by atoms with van der Waals surface area (Å²) in [6, 6.07) is 61.5. The third kappa shape index (κ3) is 5.61. The van der Waals surface area contributed by atoms with Crippen molar-refractivity contribution in [1.82, 2.24) is 15.0 Å². The van der Waals surface area contributed by atoms with Gasteiger partial charge < -0.3 is 4.42 Å². The van der Waals surface area contributed by atoms with Crippen molar-refractivity contribution in [2.75, 3.05) is 0 Å². The molecule has 2 bridgehead atoms. The predicted octanol–water partition coefficient (Wildman–Crippen LogP) is 14.2. The van der Waals surface area contributed by atoms with Gasteiger partial charge in [0.2, 0.25) is 0 Å². The van der Waals surface area contributed by atoms with E-state index in [-0.39, 0.29) is 5.41 Å². The Labute approximate surface area is 357 Å². The van der Waals surface area contributed by atoms with Gasteiger partial charge in [-0.1, -0.05) is 172 Å². The molecule has 0 N–H and O–H groups in total. The number of aromatic nitrogens is 3. The topological polar surface area (TPSA) is 51.8 Å². The van der Waals surface area contributed by atoms with Crippen molar-refractivity contribution in [3.63, 3.8) is 0 Å². The minimum Gasteiger partial charge on any atom is -0.455 e. The van der Waals surface area contributed by atoms with Gasteiger partial charge in [0.15, 0.2) is 17.5 Å². The molecule has 0 spiro atoms. The largest absolute Gasteiger partial charge is 0.455 e. The molecule has 2 saturated carbocycles. The molecule has 3 aliphatic carbocycles. The maximum absolute atomic E-state index is 6.58. The summed E-state index contributed by atoms with van der Waals surface area (Å²) in [5.74, 6) is 4.17. The van der Waals surface area contributed by atoms with Crippen LogP contribution in [0, 0.1) is 17.8 Å². The van der Waals surface area contributed by atoms with E-state index in [9.17, 15) is 0 Å². The van der Waals surface area contributed by atoms with E-state index in [2.05, 4.69) is 153 Å². The van der Waals surface area contributed by atoms with Crippen LogP contribution in [0.25, 0.3) is 67.2 Å². The number of para-hydroxylation sites is 2. The molecule has 5 atom stereocenters. The van der Waals surface area contributed by atoms with Gasteiger partial charge >= 0.3 is 0 Å². The van der Waals surface area contributed by atoms with Gasteiger partial charge in [0, 0.05) is 21.9 Å². The van der Waals surface area contributed by atoms with Crippen LogP contribution in [0.5, 0.6) is 0 Å². The fourth-order valence-electron chi connectivity index (χ4n) is 12.4. The first-order valence-electron chi connectivity index (χ1n) is 22.1. The third-order valence-corrected chi connectivity index (χ3v) is 14.4. The van der Waals surface area contributed by atoms with Crippen molar-refractivity contribution in [1.29, 1.82) is 0 Å². The minimum absolute atomic E-state index is 0.243. The summed E-state index contributed by atoms with van der Waals surface area (Å²) in [4.78, 5) is 16.1. The van der Waals surface area contributed by atoms with Crippen LogP contribution in [0.2, 0.25) is 0 Å². The van der Waals surface area contributed by atoms with Crippen LogP contribution in [0.15, 0.2) is 174 Å². The molecule has 2 heterocycles. The molecule has 7 aromatic carbocycles. The van der Waals surface area contributed by atoms with Crippen molar-refractivity contribution in [2.45, 2.75) is 56.8 Å². The van der Waals surface area contributed by atoms with E-state index < -0.39 is 5.41 Å². The zero-order chi connectivity index (χ0) is 40.7. The Morgan fingerprint density at radius 1 is 0.459 bits per heavy atom. The number of benzene rings is 7. The highest BCUT2D eigenvalue weighted by Crippen LogP contribution is 2.59. The van der Waals surface area contributed by atoms with Gasteiger partial charge in [0.25, 0.3) is 0 Å². The van der Waals surface area contributed by atoms with Crippen LogP contribution in [0.1, 0.15) is 73.8 Å². The molecule has 4 heteroatoms. The van der Waals surface area contributed by atoms with E-state index in [0.29, 0.717) is 17.5 Å². The molecule has 296 valence electrons. The molecule has 61 heavy (non-hydrogen) atoms. The monoisotopic (exact) mass is 789 g/mol. The van der Waals surface area contributed by atoms with E-state index in [1.165, 1.54) is 71.0 Å². The fourth-order valence-corrected chi connectivity index (χ4v) is 12.4. The molecule has 2 fully saturated rings. The lowest BCUT2D eigenvalue weighted by Gasteiger charge is -2.50. The smallest absolute Gasteiger partial charge is 0.167 e. The van der Waals surface area contributed by atoms with Gasteiger partial charge in [-0.2, -0.15) is 0 Å². The summed E-state index contributed by atoms with van der Waals surface area (Å²) in [7, 11) is 0. The Morgan fingerprint density at radius 3 is 1.80 bits per heavy atom. The van der Waals surface area contributed by atoms with Crippen LogP contribution in [-0.2, 0) is 10.8 Å². The number of nitrogens with zero attached hydrogens (tertiary/aromatic N) is 3. The van der Waals surface area contributed by atoms with Gasteiger partial charge in [0.1, 0.15) is 11.2 Å². The number of furan rings is 1. The summed E-state index contributed by atoms with van der Waals surface area (Å²) in [5, 5.41) is 2.11. The molecule has 3 unspecified atom stereocenters. The predicted molar refractivity (Wildman–Crippen MR) is 247 cm³/mol. The van der Waals surface area contributed by atoms with Crippen molar-refractivity contribution in [3.05, 3.63) is 198 Å². The van der Waals surface area contributed by atoms with E-state index >= 15 is 0 Å². The van der Waals surface area contributed by atoms with E-state index in [1.807, 2.05) is 30.3 Å². The van der Waals surface area contributed by atoms with Crippen molar-refractivity contribution in [3.8, 4) is 45.3 Å². The van der Waals surface area contributed by atoms with Crippen LogP contribution in [-0.4, -0.2) is 15.0 Å². The maximum Gasteiger partial charge on any atom is 0.167 e. The molecule has 0 saturated heterocycles. The summed E-state index contributed by atoms with van der Waals surface area (Å²) < 4.78 is 6.58. The molecule has 0 amide bonds. The number of hydrogen-bond donors (Lipinski definition) is 0. The second-order valence-corrected chi connectivity index (χ2v) is 18.4. The summed E-state index contributed by atoms with van der Waals surface area (Å²) in [6.07, 6.45) is 6.61. The van der Waals surface area contributed by atoms with Gasteiger partial charge in [-0.15, -0.1) is 0 Å². The maximum atomic E-state index is 6.58. The van der Waals surface area contributed by atoms with Gasteiger partial charge in [0.05, 0.1) is 11.0 Å². The van der Waals surface area contributed by atoms with E-state index in [1.54, 1.807) is 0 Å². The summed E-state index contributed by atoms with van der Waals surface area (Å²) >= 11 is 0. The Kier molecular flexibility index (Phi) is 8.29. The van der Waals surface area contributed by atoms with Crippen molar-refractivity contribution < 1.29 is 4.42 Å². The van der Waals surface area contributed by atoms with Crippen LogP contribution >= 0.6 is 0 Å². The molecule has 3 aliphatic rings. The molecular weight excluding hydrogens is 743 g/mol. The number of fused-ring (bicyclic) bond motifs is 8. The highest BCUT2D eigenvalue weighted by atomic mass is 16.3. The lowest BCUT2D eigenvalue weighted by molar-refractivity contribution is 0.0780. The molecular formula is C57H47N3O. The Balaban J connectivity index is 1.11. The highest BCUT2D eigenvalue weighted by Gasteiger charge is 2.49. The fraction of sp³-hybridized carbons (Fsp3) is 0.211. The first kappa shape index (κ1) is 36.2. The first-order chi connectivity index (χ1) is 30.0. The molecule has 2 aromatic heterocycles. The third-order valence-electron chi connectivity index (χ3n) is 14.4. The zero-order valence-corrected chi connectivity index (χ0v) is 34.7. The second-order valence-electron chi connectivity index (χ2n) is 18.4. The molecule has 12 rings (SSSR count). The van der Waals surface area contributed by atoms with Crippen LogP contribution in [0.4, 0.5) is 0 Å². The zero-order valence-electron chi connectivity index (χ0n) is 34.7. The molecule has 0 aliphatic heterocycles. The van der Waals surface area contributed by atoms with E-state index in [0.717, 1.165) is 56.4 Å². The summed E-state index contributed by atoms with van der Waals surface area (Å²) in [5.41, 5.74) is 12.9. The summed E-state index contributed by atoms with van der Waals surface area (Å²) in [6.45, 7) is 4.97. The lowest BCUT2D eigenvalue weighted by atomic mass is 9.54. The standard InChI is InChI=1S/C57H47N3O/c1-36-31-38-32-37(2)34-56(33-36,35-38)40-27-29-42(30-28-40)57(41-17-7-4-8-18-41)49-25-11-9-19-43(49)45-21-13-23-47(51(45)57)54-58-53(39-15-5-3-6-16-39)59-55(60-54)48-24-14-22-46-44-20-10-12-26-50(44)61-52(46)48/h3-30,36-38H,31-35H2,1-2H3/t36-,37+,38?,56?,57?.